The Morgan fingerprint density at radius 3 is 2.82 bits per heavy atom. The molecule has 0 saturated carbocycles. The molecule has 120 valence electrons. The Balaban J connectivity index is 1.79. The molecule has 0 bridgehead atoms. The number of guanidine groups is 1. The first-order valence-electron chi connectivity index (χ1n) is 7.83. The SMILES string of the molecule is CC(C)(C)NC(N)=NCCCC(=O)N1CCc2ccccc21. The maximum atomic E-state index is 12.3. The van der Waals surface area contributed by atoms with E-state index in [4.69, 9.17) is 5.73 Å². The lowest BCUT2D eigenvalue weighted by Crippen LogP contribution is -2.45. The van der Waals surface area contributed by atoms with E-state index in [0.29, 0.717) is 25.3 Å². The van der Waals surface area contributed by atoms with Crippen LogP contribution in [0.2, 0.25) is 0 Å². The summed E-state index contributed by atoms with van der Waals surface area (Å²) in [5, 5.41) is 3.11. The third-order valence-electron chi connectivity index (χ3n) is 3.52. The van der Waals surface area contributed by atoms with E-state index in [9.17, 15) is 4.79 Å². The van der Waals surface area contributed by atoms with Crippen molar-refractivity contribution in [3.63, 3.8) is 0 Å². The van der Waals surface area contributed by atoms with Gasteiger partial charge in [0.25, 0.3) is 0 Å². The van der Waals surface area contributed by atoms with Crippen molar-refractivity contribution < 1.29 is 4.79 Å². The van der Waals surface area contributed by atoms with Crippen LogP contribution in [-0.4, -0.2) is 30.5 Å². The summed E-state index contributed by atoms with van der Waals surface area (Å²) in [6, 6.07) is 8.11. The molecule has 0 aromatic heterocycles. The Labute approximate surface area is 132 Å². The Morgan fingerprint density at radius 1 is 1.36 bits per heavy atom. The van der Waals surface area contributed by atoms with Crippen LogP contribution >= 0.6 is 0 Å². The first-order chi connectivity index (χ1) is 10.4. The summed E-state index contributed by atoms with van der Waals surface area (Å²) in [6.45, 7) is 7.45. The zero-order valence-corrected chi connectivity index (χ0v) is 13.7. The van der Waals surface area contributed by atoms with Gasteiger partial charge < -0.3 is 16.0 Å². The van der Waals surface area contributed by atoms with Crippen LogP contribution in [0, 0.1) is 0 Å². The summed E-state index contributed by atoms with van der Waals surface area (Å²) in [5.41, 5.74) is 8.03. The molecule has 0 radical (unpaired) electrons. The number of amides is 1. The zero-order valence-electron chi connectivity index (χ0n) is 13.7. The molecule has 1 aliphatic rings. The standard InChI is InChI=1S/C17H26N4O/c1-17(2,3)20-16(18)19-11-6-9-15(22)21-12-10-13-7-4-5-8-14(13)21/h4-5,7-8H,6,9-12H2,1-3H3,(H3,18,19,20). The number of carbonyl (C=O) groups is 1. The third-order valence-corrected chi connectivity index (χ3v) is 3.52. The molecule has 0 atom stereocenters. The number of hydrogen-bond donors (Lipinski definition) is 2. The molecule has 0 aliphatic carbocycles. The Bertz CT molecular complexity index is 560. The number of carbonyl (C=O) groups excluding carboxylic acids is 1. The fourth-order valence-electron chi connectivity index (χ4n) is 2.59. The monoisotopic (exact) mass is 302 g/mol. The predicted octanol–water partition coefficient (Wildman–Crippen LogP) is 2.06. The fourth-order valence-corrected chi connectivity index (χ4v) is 2.59. The van der Waals surface area contributed by atoms with Crippen LogP contribution in [-0.2, 0) is 11.2 Å². The zero-order chi connectivity index (χ0) is 16.2. The van der Waals surface area contributed by atoms with Gasteiger partial charge in [-0.3, -0.25) is 9.79 Å². The summed E-state index contributed by atoms with van der Waals surface area (Å²) < 4.78 is 0. The predicted molar refractivity (Wildman–Crippen MR) is 91.1 cm³/mol. The number of nitrogens with two attached hydrogens (primary N) is 1. The maximum Gasteiger partial charge on any atom is 0.227 e. The molecule has 5 heteroatoms. The maximum absolute atomic E-state index is 12.3. The van der Waals surface area contributed by atoms with Gasteiger partial charge in [0.15, 0.2) is 5.96 Å². The molecule has 1 aliphatic heterocycles. The highest BCUT2D eigenvalue weighted by Gasteiger charge is 2.23. The van der Waals surface area contributed by atoms with E-state index in [1.54, 1.807) is 0 Å². The van der Waals surface area contributed by atoms with Crippen molar-refractivity contribution in [2.75, 3.05) is 18.0 Å². The summed E-state index contributed by atoms with van der Waals surface area (Å²) >= 11 is 0. The molecular formula is C17H26N4O. The molecule has 0 spiro atoms. The van der Waals surface area contributed by atoms with E-state index in [1.165, 1.54) is 5.56 Å². The molecule has 1 amide bonds. The number of benzene rings is 1. The number of aliphatic imine (C=N–C) groups is 1. The van der Waals surface area contributed by atoms with Crippen LogP contribution < -0.4 is 16.0 Å². The van der Waals surface area contributed by atoms with E-state index in [0.717, 1.165) is 18.7 Å². The van der Waals surface area contributed by atoms with Crippen molar-refractivity contribution in [1.29, 1.82) is 0 Å². The third kappa shape index (κ3) is 4.48. The van der Waals surface area contributed by atoms with Gasteiger partial charge in [-0.1, -0.05) is 18.2 Å². The highest BCUT2D eigenvalue weighted by molar-refractivity contribution is 5.95. The minimum absolute atomic E-state index is 0.0946. The van der Waals surface area contributed by atoms with E-state index < -0.39 is 0 Å². The fraction of sp³-hybridized carbons (Fsp3) is 0.529. The number of fused-ring (bicyclic) bond motifs is 1. The van der Waals surface area contributed by atoms with Gasteiger partial charge in [0.1, 0.15) is 0 Å². The normalized spacial score (nSPS) is 14.9. The molecule has 1 heterocycles. The van der Waals surface area contributed by atoms with Crippen LogP contribution in [0.4, 0.5) is 5.69 Å². The van der Waals surface area contributed by atoms with Gasteiger partial charge >= 0.3 is 0 Å². The smallest absolute Gasteiger partial charge is 0.227 e. The number of nitrogens with one attached hydrogen (secondary N) is 1. The number of rotatable bonds is 4. The first kappa shape index (κ1) is 16.3. The van der Waals surface area contributed by atoms with Crippen molar-refractivity contribution >= 4 is 17.6 Å². The van der Waals surface area contributed by atoms with Gasteiger partial charge in [-0.2, -0.15) is 0 Å². The van der Waals surface area contributed by atoms with Gasteiger partial charge in [-0.25, -0.2) is 0 Å². The second-order valence-electron chi connectivity index (χ2n) is 6.67. The minimum Gasteiger partial charge on any atom is -0.370 e. The number of hydrogen-bond acceptors (Lipinski definition) is 2. The highest BCUT2D eigenvalue weighted by atomic mass is 16.2. The average Bonchev–Trinajstić information content (AvgIpc) is 2.85. The number of anilines is 1. The molecule has 3 N–H and O–H groups in total. The van der Waals surface area contributed by atoms with Crippen molar-refractivity contribution in [2.24, 2.45) is 10.7 Å². The molecular weight excluding hydrogens is 276 g/mol. The molecule has 0 saturated heterocycles. The lowest BCUT2D eigenvalue weighted by molar-refractivity contribution is -0.118. The van der Waals surface area contributed by atoms with E-state index in [1.807, 2.05) is 43.9 Å². The van der Waals surface area contributed by atoms with Crippen molar-refractivity contribution in [3.05, 3.63) is 29.8 Å². The van der Waals surface area contributed by atoms with Crippen LogP contribution in [0.5, 0.6) is 0 Å². The second kappa shape index (κ2) is 6.81. The van der Waals surface area contributed by atoms with Gasteiger partial charge in [0, 0.05) is 30.7 Å². The van der Waals surface area contributed by atoms with Gasteiger partial charge in [-0.05, 0) is 45.2 Å². The molecule has 0 unspecified atom stereocenters. The van der Waals surface area contributed by atoms with Crippen molar-refractivity contribution in [1.82, 2.24) is 5.32 Å². The van der Waals surface area contributed by atoms with Crippen LogP contribution in [0.15, 0.2) is 29.3 Å². The summed E-state index contributed by atoms with van der Waals surface area (Å²) in [4.78, 5) is 18.5. The quantitative estimate of drug-likeness (QED) is 0.508. The molecule has 5 nitrogen and oxygen atoms in total. The highest BCUT2D eigenvalue weighted by Crippen LogP contribution is 2.27. The largest absolute Gasteiger partial charge is 0.370 e. The van der Waals surface area contributed by atoms with Crippen molar-refractivity contribution in [3.8, 4) is 0 Å². The van der Waals surface area contributed by atoms with Gasteiger partial charge in [-0.15, -0.1) is 0 Å². The van der Waals surface area contributed by atoms with Crippen LogP contribution in [0.1, 0.15) is 39.2 Å². The summed E-state index contributed by atoms with van der Waals surface area (Å²) in [6.07, 6.45) is 2.16. The van der Waals surface area contributed by atoms with Crippen molar-refractivity contribution in [2.45, 2.75) is 45.6 Å². The minimum atomic E-state index is -0.0946. The number of para-hydroxylation sites is 1. The second-order valence-corrected chi connectivity index (χ2v) is 6.67. The first-order valence-corrected chi connectivity index (χ1v) is 7.83. The van der Waals surface area contributed by atoms with E-state index in [-0.39, 0.29) is 11.4 Å². The lowest BCUT2D eigenvalue weighted by atomic mass is 10.1. The molecule has 2 rings (SSSR count). The molecule has 22 heavy (non-hydrogen) atoms. The van der Waals surface area contributed by atoms with E-state index in [2.05, 4.69) is 16.4 Å². The average molecular weight is 302 g/mol. The molecule has 1 aromatic carbocycles. The lowest BCUT2D eigenvalue weighted by Gasteiger charge is -2.21. The number of nitrogens with zero attached hydrogens (tertiary/aromatic N) is 2. The Hall–Kier alpha value is -2.04. The Morgan fingerprint density at radius 2 is 2.09 bits per heavy atom. The van der Waals surface area contributed by atoms with Crippen LogP contribution in [0.3, 0.4) is 0 Å². The molecule has 1 aromatic rings. The van der Waals surface area contributed by atoms with Crippen LogP contribution in [0.25, 0.3) is 0 Å². The Kier molecular flexibility index (Phi) is 5.06. The summed E-state index contributed by atoms with van der Waals surface area (Å²) in [5.74, 6) is 0.606. The van der Waals surface area contributed by atoms with Gasteiger partial charge in [0.2, 0.25) is 5.91 Å². The van der Waals surface area contributed by atoms with Gasteiger partial charge in [0.05, 0.1) is 0 Å². The summed E-state index contributed by atoms with van der Waals surface area (Å²) in [7, 11) is 0. The van der Waals surface area contributed by atoms with E-state index >= 15 is 0 Å². The molecule has 0 fully saturated rings. The topological polar surface area (TPSA) is 70.7 Å².